The number of aryl methyl sites for hydroxylation is 1. The van der Waals surface area contributed by atoms with Crippen LogP contribution in [-0.2, 0) is 20.9 Å². The van der Waals surface area contributed by atoms with Crippen molar-refractivity contribution in [3.63, 3.8) is 0 Å². The molecule has 0 amide bonds. The zero-order valence-corrected chi connectivity index (χ0v) is 13.4. The number of nitrogens with one attached hydrogen (secondary N) is 1. The van der Waals surface area contributed by atoms with Crippen LogP contribution >= 0.6 is 0 Å². The molecule has 0 radical (unpaired) electrons. The predicted octanol–water partition coefficient (Wildman–Crippen LogP) is 1.73. The Balaban J connectivity index is 1.67. The van der Waals surface area contributed by atoms with Gasteiger partial charge in [0.25, 0.3) is 0 Å². The molecule has 1 aromatic carbocycles. The van der Waals surface area contributed by atoms with Crippen LogP contribution in [0.4, 0.5) is 17.6 Å². The van der Waals surface area contributed by atoms with Gasteiger partial charge in [0.05, 0.1) is 0 Å². The highest BCUT2D eigenvalue weighted by Crippen LogP contribution is 2.18. The van der Waals surface area contributed by atoms with Crippen LogP contribution in [0.15, 0.2) is 24.3 Å². The van der Waals surface area contributed by atoms with Gasteiger partial charge in [-0.25, -0.2) is 4.79 Å². The van der Waals surface area contributed by atoms with Crippen LogP contribution < -0.4 is 11.1 Å². The van der Waals surface area contributed by atoms with E-state index in [1.165, 1.54) is 0 Å². The minimum absolute atomic E-state index is 0.0595. The lowest BCUT2D eigenvalue weighted by Crippen LogP contribution is -2.22. The molecule has 126 valence electrons. The normalized spacial score (nSPS) is 16.8. The highest BCUT2D eigenvalue weighted by atomic mass is 16.6. The Bertz CT molecular complexity index is 731. The fraction of sp³-hybridized carbons (Fsp3) is 0.375. The van der Waals surface area contributed by atoms with Crippen LogP contribution in [0.25, 0.3) is 0 Å². The second-order valence-corrected chi connectivity index (χ2v) is 5.48. The Morgan fingerprint density at radius 1 is 1.38 bits per heavy atom. The molecule has 3 N–H and O–H groups in total. The molecule has 1 aromatic heterocycles. The smallest absolute Gasteiger partial charge is 0.335 e. The molecule has 0 bridgehead atoms. The third-order valence-corrected chi connectivity index (χ3v) is 3.63. The quantitative estimate of drug-likeness (QED) is 0.798. The molecular formula is C16H19N5O3. The van der Waals surface area contributed by atoms with Crippen molar-refractivity contribution in [1.29, 1.82) is 0 Å². The largest absolute Gasteiger partial charge is 0.456 e. The molecule has 1 fully saturated rings. The second-order valence-electron chi connectivity index (χ2n) is 5.48. The van der Waals surface area contributed by atoms with Gasteiger partial charge in [-0.3, -0.25) is 0 Å². The molecule has 2 aromatic rings. The monoisotopic (exact) mass is 329 g/mol. The van der Waals surface area contributed by atoms with E-state index in [1.54, 1.807) is 0 Å². The number of nitrogen functional groups attached to an aromatic ring is 1. The number of benzene rings is 1. The summed E-state index contributed by atoms with van der Waals surface area (Å²) < 4.78 is 10.5. The van der Waals surface area contributed by atoms with Gasteiger partial charge in [-0.15, -0.1) is 0 Å². The maximum absolute atomic E-state index is 11.9. The number of carbonyl (C=O) groups excluding carboxylic acids is 1. The molecule has 1 saturated heterocycles. The van der Waals surface area contributed by atoms with Crippen molar-refractivity contribution in [2.75, 3.05) is 17.7 Å². The summed E-state index contributed by atoms with van der Waals surface area (Å²) in [6.45, 7) is 2.48. The van der Waals surface area contributed by atoms with Crippen LogP contribution in [0.5, 0.6) is 0 Å². The molecule has 24 heavy (non-hydrogen) atoms. The molecule has 0 unspecified atom stereocenters. The maximum Gasteiger partial charge on any atom is 0.335 e. The van der Waals surface area contributed by atoms with Crippen molar-refractivity contribution in [3.05, 3.63) is 35.7 Å². The van der Waals surface area contributed by atoms with Crippen molar-refractivity contribution in [3.8, 4) is 0 Å². The highest BCUT2D eigenvalue weighted by molar-refractivity contribution is 5.74. The van der Waals surface area contributed by atoms with Crippen LogP contribution in [0.1, 0.15) is 24.2 Å². The number of anilines is 3. The first-order valence-corrected chi connectivity index (χ1v) is 7.73. The zero-order chi connectivity index (χ0) is 16.9. The average Bonchev–Trinajstić information content (AvgIpc) is 3.09. The van der Waals surface area contributed by atoms with E-state index in [-0.39, 0.29) is 18.4 Å². The van der Waals surface area contributed by atoms with E-state index in [4.69, 9.17) is 15.2 Å². The van der Waals surface area contributed by atoms with E-state index in [1.807, 2.05) is 31.2 Å². The molecule has 0 saturated carbocycles. The van der Waals surface area contributed by atoms with Gasteiger partial charge in [-0.1, -0.05) is 18.2 Å². The summed E-state index contributed by atoms with van der Waals surface area (Å²) in [4.78, 5) is 24.1. The zero-order valence-electron chi connectivity index (χ0n) is 13.4. The molecule has 8 nitrogen and oxygen atoms in total. The van der Waals surface area contributed by atoms with Gasteiger partial charge < -0.3 is 20.5 Å². The van der Waals surface area contributed by atoms with Crippen molar-refractivity contribution in [2.24, 2.45) is 0 Å². The van der Waals surface area contributed by atoms with Crippen molar-refractivity contribution < 1.29 is 14.3 Å². The van der Waals surface area contributed by atoms with Crippen molar-refractivity contribution >= 4 is 23.6 Å². The van der Waals surface area contributed by atoms with E-state index < -0.39 is 12.1 Å². The standard InChI is InChI=1S/C16H19N5O3/c1-10-5-2-3-6-11(10)18-16-20-13(19-15(17)21-16)9-24-14(22)12-7-4-8-23-12/h2-3,5-6,12H,4,7-9H2,1H3,(H3,17,18,19,20,21)/t12-/m0/s1. The summed E-state index contributed by atoms with van der Waals surface area (Å²) in [5, 5.41) is 3.09. The topological polar surface area (TPSA) is 112 Å². The van der Waals surface area contributed by atoms with E-state index in [0.29, 0.717) is 19.0 Å². The van der Waals surface area contributed by atoms with Gasteiger partial charge >= 0.3 is 5.97 Å². The number of para-hydroxylation sites is 1. The fourth-order valence-corrected chi connectivity index (χ4v) is 2.38. The third kappa shape index (κ3) is 3.96. The SMILES string of the molecule is Cc1ccccc1Nc1nc(N)nc(COC(=O)[C@@H]2CCCO2)n1. The number of esters is 1. The fourth-order valence-electron chi connectivity index (χ4n) is 2.38. The van der Waals surface area contributed by atoms with Gasteiger partial charge in [-0.2, -0.15) is 15.0 Å². The van der Waals surface area contributed by atoms with Gasteiger partial charge in [0.1, 0.15) is 0 Å². The Kier molecular flexibility index (Phi) is 4.85. The summed E-state index contributed by atoms with van der Waals surface area (Å²) in [5.74, 6) is 0.244. The number of hydrogen-bond donors (Lipinski definition) is 2. The molecule has 8 heteroatoms. The maximum atomic E-state index is 11.9. The first kappa shape index (κ1) is 16.1. The third-order valence-electron chi connectivity index (χ3n) is 3.63. The molecule has 2 heterocycles. The van der Waals surface area contributed by atoms with Crippen molar-refractivity contribution in [2.45, 2.75) is 32.5 Å². The summed E-state index contributed by atoms with van der Waals surface area (Å²) >= 11 is 0. The van der Waals surface area contributed by atoms with Crippen LogP contribution in [0.2, 0.25) is 0 Å². The number of rotatable bonds is 5. The number of nitrogens with zero attached hydrogens (tertiary/aromatic N) is 3. The van der Waals surface area contributed by atoms with Crippen molar-refractivity contribution in [1.82, 2.24) is 15.0 Å². The van der Waals surface area contributed by atoms with Gasteiger partial charge in [0.15, 0.2) is 18.5 Å². The number of nitrogens with two attached hydrogens (primary N) is 1. The van der Waals surface area contributed by atoms with Gasteiger partial charge in [0, 0.05) is 12.3 Å². The lowest BCUT2D eigenvalue weighted by Gasteiger charge is -2.11. The number of carbonyl (C=O) groups is 1. The molecule has 0 spiro atoms. The summed E-state index contributed by atoms with van der Waals surface area (Å²) in [5.41, 5.74) is 7.62. The van der Waals surface area contributed by atoms with E-state index in [9.17, 15) is 4.79 Å². The Hall–Kier alpha value is -2.74. The number of hydrogen-bond acceptors (Lipinski definition) is 8. The second kappa shape index (κ2) is 7.22. The molecular weight excluding hydrogens is 310 g/mol. The van der Waals surface area contributed by atoms with Gasteiger partial charge in [-0.05, 0) is 31.4 Å². The first-order valence-electron chi connectivity index (χ1n) is 7.73. The Labute approximate surface area is 139 Å². The highest BCUT2D eigenvalue weighted by Gasteiger charge is 2.25. The summed E-state index contributed by atoms with van der Waals surface area (Å²) in [7, 11) is 0. The van der Waals surface area contributed by atoms with Crippen LogP contribution in [0.3, 0.4) is 0 Å². The summed E-state index contributed by atoms with van der Waals surface area (Å²) in [6, 6.07) is 7.73. The number of aromatic nitrogens is 3. The van der Waals surface area contributed by atoms with E-state index in [0.717, 1.165) is 17.7 Å². The molecule has 1 atom stereocenters. The molecule has 3 rings (SSSR count). The molecule has 0 aliphatic carbocycles. The number of ether oxygens (including phenoxy) is 2. The van der Waals surface area contributed by atoms with Crippen LogP contribution in [-0.4, -0.2) is 33.6 Å². The minimum atomic E-state index is -0.492. The Morgan fingerprint density at radius 3 is 2.96 bits per heavy atom. The van der Waals surface area contributed by atoms with E-state index >= 15 is 0 Å². The first-order chi connectivity index (χ1) is 11.6. The van der Waals surface area contributed by atoms with Gasteiger partial charge in [0.2, 0.25) is 11.9 Å². The lowest BCUT2D eigenvalue weighted by molar-refractivity contribution is -0.155. The van der Waals surface area contributed by atoms with Crippen LogP contribution in [0, 0.1) is 6.92 Å². The molecule has 1 aliphatic rings. The van der Waals surface area contributed by atoms with E-state index in [2.05, 4.69) is 20.3 Å². The minimum Gasteiger partial charge on any atom is -0.456 e. The Morgan fingerprint density at radius 2 is 2.21 bits per heavy atom. The predicted molar refractivity (Wildman–Crippen MR) is 87.5 cm³/mol. The lowest BCUT2D eigenvalue weighted by atomic mass is 10.2. The average molecular weight is 329 g/mol. The molecule has 1 aliphatic heterocycles. The summed E-state index contributed by atoms with van der Waals surface area (Å²) in [6.07, 6.45) is 1.05.